The highest BCUT2D eigenvalue weighted by molar-refractivity contribution is 5.86. The van der Waals surface area contributed by atoms with Crippen LogP contribution in [-0.4, -0.2) is 73.8 Å². The van der Waals surface area contributed by atoms with Crippen molar-refractivity contribution >= 4 is 11.6 Å². The zero-order chi connectivity index (χ0) is 26.7. The fourth-order valence-corrected chi connectivity index (χ4v) is 5.41. The van der Waals surface area contributed by atoms with Gasteiger partial charge in [-0.05, 0) is 80.7 Å². The molecular formula is C27H32F3N3O5. The number of rotatable bonds is 8. The van der Waals surface area contributed by atoms with Crippen LogP contribution in [0.1, 0.15) is 37.4 Å². The minimum Gasteiger partial charge on any atom is -0.486 e. The summed E-state index contributed by atoms with van der Waals surface area (Å²) in [6, 6.07) is 9.80. The van der Waals surface area contributed by atoms with Gasteiger partial charge in [-0.1, -0.05) is 6.07 Å². The van der Waals surface area contributed by atoms with Gasteiger partial charge in [0.15, 0.2) is 11.5 Å². The van der Waals surface area contributed by atoms with Crippen LogP contribution in [0.2, 0.25) is 0 Å². The van der Waals surface area contributed by atoms with Gasteiger partial charge in [-0.2, -0.15) is 0 Å². The molecule has 5 rings (SSSR count). The molecule has 2 saturated heterocycles. The number of carbonyl (C=O) groups is 1. The van der Waals surface area contributed by atoms with Crippen molar-refractivity contribution in [2.75, 3.05) is 44.3 Å². The molecule has 0 aliphatic carbocycles. The molecule has 8 nitrogen and oxygen atoms in total. The van der Waals surface area contributed by atoms with Gasteiger partial charge in [0, 0.05) is 18.8 Å². The van der Waals surface area contributed by atoms with Crippen LogP contribution in [0.15, 0.2) is 42.5 Å². The van der Waals surface area contributed by atoms with Crippen LogP contribution in [0, 0.1) is 0 Å². The van der Waals surface area contributed by atoms with Gasteiger partial charge in [-0.3, -0.25) is 4.79 Å². The lowest BCUT2D eigenvalue weighted by atomic mass is 10.00. The van der Waals surface area contributed by atoms with E-state index < -0.39 is 24.6 Å². The average molecular weight is 536 g/mol. The van der Waals surface area contributed by atoms with Crippen LogP contribution in [-0.2, 0) is 4.79 Å². The maximum Gasteiger partial charge on any atom is 0.573 e. The number of nitrogens with zero attached hydrogens (tertiary/aromatic N) is 2. The van der Waals surface area contributed by atoms with Crippen molar-refractivity contribution in [1.29, 1.82) is 0 Å². The van der Waals surface area contributed by atoms with Crippen LogP contribution in [0.5, 0.6) is 17.2 Å². The number of amides is 1. The van der Waals surface area contributed by atoms with E-state index in [1.54, 1.807) is 18.2 Å². The quantitative estimate of drug-likeness (QED) is 0.534. The summed E-state index contributed by atoms with van der Waals surface area (Å²) >= 11 is 0. The van der Waals surface area contributed by atoms with Crippen molar-refractivity contribution in [3.8, 4) is 17.2 Å². The van der Waals surface area contributed by atoms with Gasteiger partial charge in [0.05, 0.1) is 6.04 Å². The van der Waals surface area contributed by atoms with Gasteiger partial charge < -0.3 is 34.4 Å². The first-order valence-electron chi connectivity index (χ1n) is 13.0. The lowest BCUT2D eigenvalue weighted by Gasteiger charge is -2.32. The second kappa shape index (κ2) is 11.3. The first-order chi connectivity index (χ1) is 18.3. The molecule has 2 fully saturated rings. The number of carbonyl (C=O) groups excluding carboxylic acids is 1. The fourth-order valence-electron chi connectivity index (χ4n) is 5.41. The highest BCUT2D eigenvalue weighted by Crippen LogP contribution is 2.34. The van der Waals surface area contributed by atoms with E-state index in [1.165, 1.54) is 24.3 Å². The summed E-state index contributed by atoms with van der Waals surface area (Å²) in [5.74, 6) is 0.660. The summed E-state index contributed by atoms with van der Waals surface area (Å²) in [5, 5.41) is 14.5. The summed E-state index contributed by atoms with van der Waals surface area (Å²) < 4.78 is 52.8. The normalized spacial score (nSPS) is 21.3. The molecule has 2 aromatic carbocycles. The van der Waals surface area contributed by atoms with Crippen molar-refractivity contribution in [2.45, 2.75) is 50.2 Å². The smallest absolute Gasteiger partial charge is 0.486 e. The van der Waals surface area contributed by atoms with Crippen LogP contribution >= 0.6 is 0 Å². The van der Waals surface area contributed by atoms with Crippen molar-refractivity contribution in [1.82, 2.24) is 10.2 Å². The molecule has 3 aliphatic heterocycles. The Hall–Kier alpha value is -3.18. The number of fused-ring (bicyclic) bond motifs is 1. The highest BCUT2D eigenvalue weighted by atomic mass is 19.4. The number of likely N-dealkylation sites (tertiary alicyclic amines) is 1. The monoisotopic (exact) mass is 535 g/mol. The average Bonchev–Trinajstić information content (AvgIpc) is 3.60. The molecule has 11 heteroatoms. The third-order valence-electron chi connectivity index (χ3n) is 7.23. The molecule has 3 atom stereocenters. The van der Waals surface area contributed by atoms with Crippen molar-refractivity contribution in [2.24, 2.45) is 0 Å². The Morgan fingerprint density at radius 3 is 2.45 bits per heavy atom. The zero-order valence-electron chi connectivity index (χ0n) is 21.0. The Balaban J connectivity index is 1.31. The number of anilines is 1. The standard InChI is InChI=1S/C27H32F3N3O5/c28-27(29,30)38-20-8-6-19(7-9-20)33-13-3-4-22(33)26(35)31-21(17-32-11-1-2-12-32)25(34)18-5-10-23-24(16-18)37-15-14-36-23/h5-10,16,21-22,25,34H,1-4,11-15,17H2,(H,31,35)/t21-,22?,25-/m1/s1. The molecule has 38 heavy (non-hydrogen) atoms. The van der Waals surface area contributed by atoms with Crippen molar-refractivity contribution in [3.63, 3.8) is 0 Å². The Bertz CT molecular complexity index is 1110. The van der Waals surface area contributed by atoms with Gasteiger partial charge in [0.1, 0.15) is 31.1 Å². The Morgan fingerprint density at radius 2 is 1.74 bits per heavy atom. The van der Waals surface area contributed by atoms with E-state index in [0.717, 1.165) is 32.4 Å². The lowest BCUT2D eigenvalue weighted by molar-refractivity contribution is -0.274. The van der Waals surface area contributed by atoms with Crippen LogP contribution in [0.25, 0.3) is 0 Å². The van der Waals surface area contributed by atoms with Crippen molar-refractivity contribution < 1.29 is 37.3 Å². The molecule has 0 bridgehead atoms. The van der Waals surface area contributed by atoms with Gasteiger partial charge in [0.25, 0.3) is 0 Å². The molecule has 1 amide bonds. The summed E-state index contributed by atoms with van der Waals surface area (Å²) in [7, 11) is 0. The number of benzene rings is 2. The maximum atomic E-state index is 13.5. The van der Waals surface area contributed by atoms with Crippen LogP contribution in [0.4, 0.5) is 18.9 Å². The number of aliphatic hydroxyl groups is 1. The highest BCUT2D eigenvalue weighted by Gasteiger charge is 2.35. The zero-order valence-corrected chi connectivity index (χ0v) is 21.0. The molecule has 2 N–H and O–H groups in total. The predicted molar refractivity (Wildman–Crippen MR) is 133 cm³/mol. The second-order valence-corrected chi connectivity index (χ2v) is 9.86. The van der Waals surface area contributed by atoms with E-state index in [1.807, 2.05) is 4.90 Å². The summed E-state index contributed by atoms with van der Waals surface area (Å²) in [5.41, 5.74) is 1.27. The molecular weight excluding hydrogens is 503 g/mol. The van der Waals surface area contributed by atoms with Gasteiger partial charge >= 0.3 is 6.36 Å². The molecule has 0 radical (unpaired) electrons. The van der Waals surface area contributed by atoms with E-state index in [-0.39, 0.29) is 11.7 Å². The predicted octanol–water partition coefficient (Wildman–Crippen LogP) is 3.64. The number of hydrogen-bond donors (Lipinski definition) is 2. The molecule has 3 aliphatic rings. The van der Waals surface area contributed by atoms with Gasteiger partial charge in [-0.15, -0.1) is 13.2 Å². The largest absolute Gasteiger partial charge is 0.573 e. The molecule has 0 aromatic heterocycles. The fraction of sp³-hybridized carbons (Fsp3) is 0.519. The number of alkyl halides is 3. The summed E-state index contributed by atoms with van der Waals surface area (Å²) in [4.78, 5) is 17.7. The SMILES string of the molecule is O=C(N[C@H](CN1CCCC1)[C@H](O)c1ccc2c(c1)OCCO2)C1CCCN1c1ccc(OC(F)(F)F)cc1. The van der Waals surface area contributed by atoms with Crippen LogP contribution in [0.3, 0.4) is 0 Å². The molecule has 0 saturated carbocycles. The van der Waals surface area contributed by atoms with Gasteiger partial charge in [-0.25, -0.2) is 0 Å². The van der Waals surface area contributed by atoms with Crippen molar-refractivity contribution in [3.05, 3.63) is 48.0 Å². The first-order valence-corrected chi connectivity index (χ1v) is 13.0. The molecule has 0 spiro atoms. The third kappa shape index (κ3) is 6.27. The Kier molecular flexibility index (Phi) is 7.85. The molecule has 3 heterocycles. The van der Waals surface area contributed by atoms with Crippen LogP contribution < -0.4 is 24.4 Å². The topological polar surface area (TPSA) is 83.5 Å². The second-order valence-electron chi connectivity index (χ2n) is 9.86. The lowest BCUT2D eigenvalue weighted by Crippen LogP contribution is -2.52. The maximum absolute atomic E-state index is 13.5. The number of hydrogen-bond acceptors (Lipinski definition) is 7. The van der Waals surface area contributed by atoms with E-state index in [2.05, 4.69) is 15.0 Å². The minimum absolute atomic E-state index is 0.223. The molecule has 1 unspecified atom stereocenters. The van der Waals surface area contributed by atoms with E-state index in [9.17, 15) is 23.1 Å². The summed E-state index contributed by atoms with van der Waals surface area (Å²) in [6.45, 7) is 3.81. The van der Waals surface area contributed by atoms with Gasteiger partial charge in [0.2, 0.25) is 5.91 Å². The van der Waals surface area contributed by atoms with E-state index in [0.29, 0.717) is 55.5 Å². The number of halogens is 3. The van der Waals surface area contributed by atoms with E-state index in [4.69, 9.17) is 9.47 Å². The third-order valence-corrected chi connectivity index (χ3v) is 7.23. The Morgan fingerprint density at radius 1 is 1.03 bits per heavy atom. The number of ether oxygens (including phenoxy) is 3. The van der Waals surface area contributed by atoms with E-state index >= 15 is 0 Å². The Labute approximate surface area is 219 Å². The number of aliphatic hydroxyl groups excluding tert-OH is 1. The molecule has 2 aromatic rings. The number of nitrogens with one attached hydrogen (secondary N) is 1. The molecule has 206 valence electrons. The first kappa shape index (κ1) is 26.4. The summed E-state index contributed by atoms with van der Waals surface area (Å²) in [6.07, 6.45) is -2.22. The minimum atomic E-state index is -4.76.